The molecule has 1 aliphatic rings. The van der Waals surface area contributed by atoms with Crippen molar-refractivity contribution < 1.29 is 38.0 Å². The van der Waals surface area contributed by atoms with E-state index in [9.17, 15) is 9.59 Å². The van der Waals surface area contributed by atoms with Crippen molar-refractivity contribution in [2.45, 2.75) is 85.6 Å². The number of hydrogen-bond donors (Lipinski definition) is 0. The number of benzene rings is 4. The monoisotopic (exact) mass is 901 g/mol. The van der Waals surface area contributed by atoms with Crippen molar-refractivity contribution in [3.05, 3.63) is 136 Å². The maximum absolute atomic E-state index is 12.5. The Hall–Kier alpha value is -6.02. The van der Waals surface area contributed by atoms with Crippen LogP contribution in [0.3, 0.4) is 0 Å². The molecule has 1 fully saturated rings. The van der Waals surface area contributed by atoms with Crippen LogP contribution < -0.4 is 19.1 Å². The molecule has 0 radical (unpaired) electrons. The standard InChI is InChI=1S/C53H67N5O8/c1-8-64-52(60)36-57-24-22-56(23-25-57)34-43-15-9-14-42(28-43)29-44-31-50(55-38-54-44)58(45-16-10-12-40(30-45)13-11-17-51(59)66-53(3,4)5)35-47-48(61-6)32-46(33-49(47)62-7)65-27-26-63-37-41-20-18-39(2)19-21-41/h9-10,12,14-16,18-21,28,30-33,38H,8,11,13,17,22-27,29,34-37H2,1-7H3. The Bertz CT molecular complexity index is 2300. The number of ether oxygens (including phenoxy) is 6. The van der Waals surface area contributed by atoms with E-state index in [4.69, 9.17) is 38.4 Å². The number of methoxy groups -OCH3 is 2. The summed E-state index contributed by atoms with van der Waals surface area (Å²) in [7, 11) is 3.29. The zero-order chi connectivity index (χ0) is 46.9. The molecule has 4 aromatic carbocycles. The summed E-state index contributed by atoms with van der Waals surface area (Å²) in [6, 6.07) is 31.1. The topological polar surface area (TPSA) is 125 Å². The van der Waals surface area contributed by atoms with Crippen LogP contribution in [0.1, 0.15) is 79.6 Å². The number of aryl methyl sites for hydroxylation is 2. The second-order valence-corrected chi connectivity index (χ2v) is 17.6. The Morgan fingerprint density at radius 2 is 1.45 bits per heavy atom. The first-order valence-corrected chi connectivity index (χ1v) is 23.0. The van der Waals surface area contributed by atoms with Gasteiger partial charge in [-0.3, -0.25) is 19.4 Å². The molecule has 1 aromatic heterocycles. The number of hydrogen-bond acceptors (Lipinski definition) is 13. The van der Waals surface area contributed by atoms with Crippen LogP contribution in [0, 0.1) is 6.92 Å². The first-order chi connectivity index (χ1) is 31.9. The summed E-state index contributed by atoms with van der Waals surface area (Å²) in [5.74, 6) is 2.16. The van der Waals surface area contributed by atoms with Crippen LogP contribution in [-0.4, -0.2) is 104 Å². The summed E-state index contributed by atoms with van der Waals surface area (Å²) in [6.07, 6.45) is 3.91. The van der Waals surface area contributed by atoms with Crippen LogP contribution in [0.4, 0.5) is 11.5 Å². The van der Waals surface area contributed by atoms with E-state index in [0.29, 0.717) is 88.3 Å². The molecule has 1 aliphatic heterocycles. The zero-order valence-corrected chi connectivity index (χ0v) is 39.8. The SMILES string of the molecule is CCOC(=O)CN1CCN(Cc2cccc(Cc3cc(N(Cc4c(OC)cc(OCCOCc5ccc(C)cc5)cc4OC)c4cccc(CCCC(=O)OC(C)(C)C)c4)ncn3)c2)CC1. The minimum atomic E-state index is -0.524. The van der Waals surface area contributed by atoms with E-state index < -0.39 is 5.60 Å². The molecule has 2 heterocycles. The van der Waals surface area contributed by atoms with Crippen LogP contribution in [0.5, 0.6) is 17.2 Å². The molecular weight excluding hydrogens is 835 g/mol. The third-order valence-corrected chi connectivity index (χ3v) is 11.2. The van der Waals surface area contributed by atoms with Gasteiger partial charge in [0.1, 0.15) is 41.6 Å². The molecule has 66 heavy (non-hydrogen) atoms. The maximum atomic E-state index is 12.5. The largest absolute Gasteiger partial charge is 0.496 e. The smallest absolute Gasteiger partial charge is 0.320 e. The van der Waals surface area contributed by atoms with Crippen molar-refractivity contribution in [3.63, 3.8) is 0 Å². The Labute approximate surface area is 391 Å². The highest BCUT2D eigenvalue weighted by molar-refractivity contribution is 5.71. The number of esters is 2. The molecule has 0 bridgehead atoms. The average Bonchev–Trinajstić information content (AvgIpc) is 3.29. The van der Waals surface area contributed by atoms with Crippen molar-refractivity contribution in [2.75, 3.05) is 71.7 Å². The predicted octanol–water partition coefficient (Wildman–Crippen LogP) is 8.67. The highest BCUT2D eigenvalue weighted by atomic mass is 16.6. The highest BCUT2D eigenvalue weighted by Gasteiger charge is 2.23. The molecule has 0 spiro atoms. The second kappa shape index (κ2) is 24.5. The number of rotatable bonds is 23. The summed E-state index contributed by atoms with van der Waals surface area (Å²) < 4.78 is 34.8. The summed E-state index contributed by atoms with van der Waals surface area (Å²) in [6.45, 7) is 16.2. The Morgan fingerprint density at radius 3 is 2.17 bits per heavy atom. The van der Waals surface area contributed by atoms with Gasteiger partial charge in [0, 0.05) is 69.5 Å². The molecule has 6 rings (SSSR count). The van der Waals surface area contributed by atoms with Gasteiger partial charge in [0.05, 0.1) is 58.4 Å². The molecule has 352 valence electrons. The first-order valence-electron chi connectivity index (χ1n) is 23.0. The number of carbonyl (C=O) groups excluding carboxylic acids is 2. The number of piperazine rings is 1. The number of anilines is 2. The fourth-order valence-electron chi connectivity index (χ4n) is 7.89. The molecule has 0 amide bonds. The average molecular weight is 902 g/mol. The molecule has 0 saturated carbocycles. The lowest BCUT2D eigenvalue weighted by atomic mass is 10.0. The molecule has 1 saturated heterocycles. The van der Waals surface area contributed by atoms with Gasteiger partial charge in [0.2, 0.25) is 0 Å². The molecule has 0 N–H and O–H groups in total. The van der Waals surface area contributed by atoms with E-state index in [2.05, 4.69) is 88.4 Å². The van der Waals surface area contributed by atoms with E-state index in [-0.39, 0.29) is 11.9 Å². The lowest BCUT2D eigenvalue weighted by Gasteiger charge is -2.34. The van der Waals surface area contributed by atoms with Gasteiger partial charge in [-0.05, 0) is 81.8 Å². The minimum Gasteiger partial charge on any atom is -0.496 e. The van der Waals surface area contributed by atoms with E-state index in [0.717, 1.165) is 66.4 Å². The van der Waals surface area contributed by atoms with Crippen molar-refractivity contribution in [1.82, 2.24) is 19.8 Å². The normalized spacial score (nSPS) is 13.3. The highest BCUT2D eigenvalue weighted by Crippen LogP contribution is 2.38. The number of nitrogens with zero attached hydrogens (tertiary/aromatic N) is 5. The second-order valence-electron chi connectivity index (χ2n) is 17.6. The quantitative estimate of drug-likeness (QED) is 0.0459. The molecule has 0 unspecified atom stereocenters. The molecular formula is C53H67N5O8. The number of carbonyl (C=O) groups is 2. The lowest BCUT2D eigenvalue weighted by molar-refractivity contribution is -0.155. The van der Waals surface area contributed by atoms with Crippen LogP contribution in [-0.2, 0) is 56.3 Å². The van der Waals surface area contributed by atoms with Crippen LogP contribution >= 0.6 is 0 Å². The third kappa shape index (κ3) is 15.6. The maximum Gasteiger partial charge on any atom is 0.320 e. The Kier molecular flexibility index (Phi) is 18.3. The van der Waals surface area contributed by atoms with Crippen molar-refractivity contribution >= 4 is 23.4 Å². The van der Waals surface area contributed by atoms with Gasteiger partial charge < -0.3 is 33.3 Å². The first kappa shape index (κ1) is 49.4. The van der Waals surface area contributed by atoms with Gasteiger partial charge in [-0.25, -0.2) is 9.97 Å². The Morgan fingerprint density at radius 1 is 0.758 bits per heavy atom. The molecule has 0 atom stereocenters. The lowest BCUT2D eigenvalue weighted by Crippen LogP contribution is -2.47. The van der Waals surface area contributed by atoms with Gasteiger partial charge in [-0.2, -0.15) is 0 Å². The van der Waals surface area contributed by atoms with Crippen LogP contribution in [0.25, 0.3) is 0 Å². The summed E-state index contributed by atoms with van der Waals surface area (Å²) in [4.78, 5) is 40.8. The molecule has 13 heteroatoms. The van der Waals surface area contributed by atoms with Crippen LogP contribution in [0.15, 0.2) is 97.3 Å². The number of aromatic nitrogens is 2. The van der Waals surface area contributed by atoms with E-state index >= 15 is 0 Å². The van der Waals surface area contributed by atoms with Crippen molar-refractivity contribution in [2.24, 2.45) is 0 Å². The van der Waals surface area contributed by atoms with Crippen LogP contribution in [0.2, 0.25) is 0 Å². The summed E-state index contributed by atoms with van der Waals surface area (Å²) >= 11 is 0. The zero-order valence-electron chi connectivity index (χ0n) is 39.8. The van der Waals surface area contributed by atoms with E-state index in [1.54, 1.807) is 20.5 Å². The fraction of sp³-hybridized carbons (Fsp3) is 0.434. The molecule has 5 aromatic rings. The van der Waals surface area contributed by atoms with Gasteiger partial charge in [0.15, 0.2) is 0 Å². The van der Waals surface area contributed by atoms with Gasteiger partial charge in [-0.1, -0.05) is 66.2 Å². The van der Waals surface area contributed by atoms with Crippen molar-refractivity contribution in [3.8, 4) is 17.2 Å². The van der Waals surface area contributed by atoms with Crippen molar-refractivity contribution in [1.29, 1.82) is 0 Å². The molecule has 0 aliphatic carbocycles. The van der Waals surface area contributed by atoms with E-state index in [1.807, 2.05) is 52.0 Å². The van der Waals surface area contributed by atoms with Gasteiger partial charge in [0.25, 0.3) is 0 Å². The van der Waals surface area contributed by atoms with E-state index in [1.165, 1.54) is 11.1 Å². The summed E-state index contributed by atoms with van der Waals surface area (Å²) in [5, 5.41) is 0. The Balaban J connectivity index is 1.19. The molecule has 13 nitrogen and oxygen atoms in total. The summed E-state index contributed by atoms with van der Waals surface area (Å²) in [5.41, 5.74) is 7.86. The predicted molar refractivity (Wildman–Crippen MR) is 257 cm³/mol. The third-order valence-electron chi connectivity index (χ3n) is 11.2. The minimum absolute atomic E-state index is 0.165. The fourth-order valence-corrected chi connectivity index (χ4v) is 7.89. The van der Waals surface area contributed by atoms with Gasteiger partial charge >= 0.3 is 11.9 Å². The van der Waals surface area contributed by atoms with Gasteiger partial charge in [-0.15, -0.1) is 0 Å².